The molecule has 1 aromatic carbocycles. The van der Waals surface area contributed by atoms with Crippen molar-refractivity contribution in [2.75, 3.05) is 6.54 Å². The molecule has 2 rings (SSSR count). The summed E-state index contributed by atoms with van der Waals surface area (Å²) >= 11 is 0. The molecule has 2 amide bonds. The number of hydrogen-bond donors (Lipinski definition) is 3. The number of carbonyl (C=O) groups excluding carboxylic acids is 2. The Morgan fingerprint density at radius 2 is 1.67 bits per heavy atom. The first-order valence-electron chi connectivity index (χ1n) is 8.28. The van der Waals surface area contributed by atoms with Crippen LogP contribution in [0.4, 0.5) is 0 Å². The van der Waals surface area contributed by atoms with Gasteiger partial charge in [-0.05, 0) is 30.5 Å². The van der Waals surface area contributed by atoms with Gasteiger partial charge in [0.2, 0.25) is 5.91 Å². The molecule has 0 bridgehead atoms. The molecule has 130 valence electrons. The molecule has 6 heteroatoms. The fraction of sp³-hybridized carbons (Fsp3) is 0.500. The summed E-state index contributed by atoms with van der Waals surface area (Å²) in [4.78, 5) is 34.8. The van der Waals surface area contributed by atoms with E-state index in [1.807, 2.05) is 0 Å². The van der Waals surface area contributed by atoms with Gasteiger partial charge in [-0.25, -0.2) is 0 Å². The maximum Gasteiger partial charge on any atom is 0.311 e. The first kappa shape index (κ1) is 18.0. The van der Waals surface area contributed by atoms with Gasteiger partial charge < -0.3 is 15.7 Å². The van der Waals surface area contributed by atoms with Crippen LogP contribution in [0.5, 0.6) is 0 Å². The summed E-state index contributed by atoms with van der Waals surface area (Å²) in [6.45, 7) is 2.03. The number of benzene rings is 1. The molecule has 3 N–H and O–H groups in total. The normalized spacial score (nSPS) is 16.2. The Morgan fingerprint density at radius 1 is 1.04 bits per heavy atom. The average Bonchev–Trinajstić information content (AvgIpc) is 2.59. The maximum atomic E-state index is 12.3. The summed E-state index contributed by atoms with van der Waals surface area (Å²) in [5.41, 5.74) is 0.549. The van der Waals surface area contributed by atoms with E-state index in [0.717, 1.165) is 24.8 Å². The van der Waals surface area contributed by atoms with E-state index in [0.29, 0.717) is 24.9 Å². The minimum absolute atomic E-state index is 0.108. The van der Waals surface area contributed by atoms with Crippen molar-refractivity contribution in [3.63, 3.8) is 0 Å². The van der Waals surface area contributed by atoms with E-state index in [4.69, 9.17) is 0 Å². The van der Waals surface area contributed by atoms with Crippen molar-refractivity contribution in [2.45, 2.75) is 45.6 Å². The van der Waals surface area contributed by atoms with Crippen molar-refractivity contribution in [1.82, 2.24) is 10.6 Å². The van der Waals surface area contributed by atoms with Crippen LogP contribution in [0.25, 0.3) is 0 Å². The number of hydrogen-bond acceptors (Lipinski definition) is 3. The average molecular weight is 332 g/mol. The molecule has 0 heterocycles. The standard InChI is InChI=1S/C18H24N2O4/c1-13(21)19-11-14-5-7-15(8-6-14)16(22)20-12-18(17(23)24)9-3-2-4-10-18/h5-8H,2-4,9-12H2,1H3,(H,19,21)(H,20,22)(H,23,24). The molecule has 1 aliphatic carbocycles. The molecule has 0 spiro atoms. The largest absolute Gasteiger partial charge is 0.481 e. The van der Waals surface area contributed by atoms with E-state index in [-0.39, 0.29) is 18.4 Å². The number of carboxylic acid groups (broad SMARTS) is 1. The lowest BCUT2D eigenvalue weighted by Gasteiger charge is -2.33. The molecule has 0 radical (unpaired) electrons. The van der Waals surface area contributed by atoms with Crippen molar-refractivity contribution >= 4 is 17.8 Å². The number of nitrogens with one attached hydrogen (secondary N) is 2. The van der Waals surface area contributed by atoms with Crippen LogP contribution in [0.15, 0.2) is 24.3 Å². The number of aliphatic carboxylic acids is 1. The SMILES string of the molecule is CC(=O)NCc1ccc(C(=O)NCC2(C(=O)O)CCCCC2)cc1. The van der Waals surface area contributed by atoms with Crippen LogP contribution >= 0.6 is 0 Å². The molecule has 0 aromatic heterocycles. The van der Waals surface area contributed by atoms with E-state index in [1.165, 1.54) is 6.92 Å². The Kier molecular flexibility index (Phi) is 5.95. The lowest BCUT2D eigenvalue weighted by Crippen LogP contribution is -2.44. The molecule has 1 saturated carbocycles. The van der Waals surface area contributed by atoms with Gasteiger partial charge in [-0.15, -0.1) is 0 Å². The van der Waals surface area contributed by atoms with Crippen molar-refractivity contribution in [2.24, 2.45) is 5.41 Å². The minimum atomic E-state index is -0.834. The third kappa shape index (κ3) is 4.57. The molecule has 0 atom stereocenters. The number of rotatable bonds is 6. The Balaban J connectivity index is 1.94. The monoisotopic (exact) mass is 332 g/mol. The molecule has 1 fully saturated rings. The third-order valence-electron chi connectivity index (χ3n) is 4.61. The second kappa shape index (κ2) is 7.95. The Hall–Kier alpha value is -2.37. The fourth-order valence-corrected chi connectivity index (χ4v) is 3.05. The highest BCUT2D eigenvalue weighted by molar-refractivity contribution is 5.94. The second-order valence-electron chi connectivity index (χ2n) is 6.44. The van der Waals surface area contributed by atoms with Gasteiger partial charge in [0.05, 0.1) is 5.41 Å². The minimum Gasteiger partial charge on any atom is -0.481 e. The molecule has 1 aromatic rings. The van der Waals surface area contributed by atoms with Gasteiger partial charge in [-0.2, -0.15) is 0 Å². The second-order valence-corrected chi connectivity index (χ2v) is 6.44. The predicted octanol–water partition coefficient (Wildman–Crippen LogP) is 2.09. The van der Waals surface area contributed by atoms with E-state index >= 15 is 0 Å². The molecule has 24 heavy (non-hydrogen) atoms. The van der Waals surface area contributed by atoms with Crippen molar-refractivity contribution in [1.29, 1.82) is 0 Å². The zero-order valence-corrected chi connectivity index (χ0v) is 13.9. The highest BCUT2D eigenvalue weighted by Gasteiger charge is 2.39. The Labute approximate surface area is 141 Å². The van der Waals surface area contributed by atoms with E-state index < -0.39 is 11.4 Å². The third-order valence-corrected chi connectivity index (χ3v) is 4.61. The van der Waals surface area contributed by atoms with Crippen LogP contribution in [-0.2, 0) is 16.1 Å². The van der Waals surface area contributed by atoms with Gasteiger partial charge in [-0.3, -0.25) is 14.4 Å². The van der Waals surface area contributed by atoms with Gasteiger partial charge >= 0.3 is 5.97 Å². The van der Waals surface area contributed by atoms with Crippen molar-refractivity contribution in [3.05, 3.63) is 35.4 Å². The van der Waals surface area contributed by atoms with Gasteiger partial charge in [0, 0.05) is 25.6 Å². The molecule has 1 aliphatic rings. The quantitative estimate of drug-likeness (QED) is 0.743. The zero-order chi connectivity index (χ0) is 17.6. The highest BCUT2D eigenvalue weighted by atomic mass is 16.4. The first-order chi connectivity index (χ1) is 11.4. The fourth-order valence-electron chi connectivity index (χ4n) is 3.05. The number of carboxylic acids is 1. The molecular formula is C18H24N2O4. The molecule has 0 unspecified atom stereocenters. The first-order valence-corrected chi connectivity index (χ1v) is 8.28. The van der Waals surface area contributed by atoms with E-state index in [9.17, 15) is 19.5 Å². The van der Waals surface area contributed by atoms with Crippen molar-refractivity contribution < 1.29 is 19.5 Å². The van der Waals surface area contributed by atoms with Crippen LogP contribution < -0.4 is 10.6 Å². The van der Waals surface area contributed by atoms with Crippen LogP contribution in [-0.4, -0.2) is 29.4 Å². The predicted molar refractivity (Wildman–Crippen MR) is 89.4 cm³/mol. The molecule has 0 aliphatic heterocycles. The van der Waals surface area contributed by atoms with E-state index in [1.54, 1.807) is 24.3 Å². The summed E-state index contributed by atoms with van der Waals surface area (Å²) < 4.78 is 0. The maximum absolute atomic E-state index is 12.3. The summed E-state index contributed by atoms with van der Waals surface area (Å²) in [6, 6.07) is 6.92. The summed E-state index contributed by atoms with van der Waals surface area (Å²) in [5.74, 6) is -1.20. The zero-order valence-electron chi connectivity index (χ0n) is 13.9. The summed E-state index contributed by atoms with van der Waals surface area (Å²) in [5, 5.41) is 15.0. The lowest BCUT2D eigenvalue weighted by molar-refractivity contribution is -0.150. The van der Waals surface area contributed by atoms with Gasteiger partial charge in [0.15, 0.2) is 0 Å². The molecule has 0 saturated heterocycles. The Morgan fingerprint density at radius 3 is 2.21 bits per heavy atom. The van der Waals surface area contributed by atoms with Crippen LogP contribution in [0.2, 0.25) is 0 Å². The van der Waals surface area contributed by atoms with E-state index in [2.05, 4.69) is 10.6 Å². The highest BCUT2D eigenvalue weighted by Crippen LogP contribution is 2.36. The van der Waals surface area contributed by atoms with Crippen LogP contribution in [0.1, 0.15) is 54.9 Å². The summed E-state index contributed by atoms with van der Waals surface area (Å²) in [6.07, 6.45) is 4.05. The van der Waals surface area contributed by atoms with Gasteiger partial charge in [-0.1, -0.05) is 31.4 Å². The molecule has 6 nitrogen and oxygen atoms in total. The van der Waals surface area contributed by atoms with Crippen molar-refractivity contribution in [3.8, 4) is 0 Å². The number of carbonyl (C=O) groups is 3. The van der Waals surface area contributed by atoms with Crippen LogP contribution in [0, 0.1) is 5.41 Å². The van der Waals surface area contributed by atoms with Gasteiger partial charge in [0.25, 0.3) is 5.91 Å². The number of amides is 2. The topological polar surface area (TPSA) is 95.5 Å². The lowest BCUT2D eigenvalue weighted by atomic mass is 9.74. The van der Waals surface area contributed by atoms with Crippen LogP contribution in [0.3, 0.4) is 0 Å². The molecular weight excluding hydrogens is 308 g/mol. The van der Waals surface area contributed by atoms with Gasteiger partial charge in [0.1, 0.15) is 0 Å². The Bertz CT molecular complexity index is 604. The smallest absolute Gasteiger partial charge is 0.311 e. The summed E-state index contributed by atoms with van der Waals surface area (Å²) in [7, 11) is 0.